The number of carbonyl (C=O) groups excluding carboxylic acids is 1. The van der Waals surface area contributed by atoms with Gasteiger partial charge in [-0.2, -0.15) is 0 Å². The molecule has 2 aromatic carbocycles. The van der Waals surface area contributed by atoms with Crippen LogP contribution < -0.4 is 4.74 Å². The highest BCUT2D eigenvalue weighted by molar-refractivity contribution is 5.79. The van der Waals surface area contributed by atoms with E-state index in [0.29, 0.717) is 17.7 Å². The molecule has 5 rings (SSSR count). The first-order valence-electron chi connectivity index (χ1n) is 13.4. The number of nitrogens with zero attached hydrogens (tertiary/aromatic N) is 2. The van der Waals surface area contributed by atoms with Crippen LogP contribution in [0.25, 0.3) is 0 Å². The van der Waals surface area contributed by atoms with Crippen molar-refractivity contribution in [2.24, 2.45) is 17.8 Å². The lowest BCUT2D eigenvalue weighted by molar-refractivity contribution is -0.134. The molecular weight excluding hydrogens is 420 g/mol. The Balaban J connectivity index is 1.25. The molecule has 2 aliphatic heterocycles. The van der Waals surface area contributed by atoms with Gasteiger partial charge >= 0.3 is 0 Å². The van der Waals surface area contributed by atoms with Crippen molar-refractivity contribution in [2.45, 2.75) is 50.9 Å². The van der Waals surface area contributed by atoms with Crippen LogP contribution in [0.1, 0.15) is 55.6 Å². The number of amides is 1. The molecule has 1 aliphatic carbocycles. The Morgan fingerprint density at radius 2 is 1.62 bits per heavy atom. The van der Waals surface area contributed by atoms with Crippen molar-refractivity contribution in [3.8, 4) is 5.75 Å². The number of ether oxygens (including phenoxy) is 1. The largest absolute Gasteiger partial charge is 0.496 e. The van der Waals surface area contributed by atoms with E-state index < -0.39 is 0 Å². The van der Waals surface area contributed by atoms with Gasteiger partial charge in [0, 0.05) is 31.5 Å². The second kappa shape index (κ2) is 10.9. The van der Waals surface area contributed by atoms with Crippen molar-refractivity contribution in [3.05, 3.63) is 65.7 Å². The lowest BCUT2D eigenvalue weighted by atomic mass is 9.86. The molecule has 4 nitrogen and oxygen atoms in total. The summed E-state index contributed by atoms with van der Waals surface area (Å²) in [5, 5.41) is 0. The maximum Gasteiger partial charge on any atom is 0.225 e. The van der Waals surface area contributed by atoms with E-state index in [4.69, 9.17) is 4.74 Å². The molecule has 2 heterocycles. The predicted molar refractivity (Wildman–Crippen MR) is 137 cm³/mol. The molecular formula is C30H40N2O2. The molecule has 2 aromatic rings. The Morgan fingerprint density at radius 3 is 2.35 bits per heavy atom. The fourth-order valence-electron chi connectivity index (χ4n) is 6.64. The number of hydrogen-bond acceptors (Lipinski definition) is 3. The summed E-state index contributed by atoms with van der Waals surface area (Å²) in [5.74, 6) is 3.23. The molecule has 182 valence electrons. The lowest BCUT2D eigenvalue weighted by Crippen LogP contribution is -2.39. The highest BCUT2D eigenvalue weighted by Gasteiger charge is 2.40. The van der Waals surface area contributed by atoms with Gasteiger partial charge in [0.25, 0.3) is 0 Å². The van der Waals surface area contributed by atoms with Crippen molar-refractivity contribution in [2.75, 3.05) is 39.8 Å². The van der Waals surface area contributed by atoms with Gasteiger partial charge in [0.1, 0.15) is 5.75 Å². The number of para-hydroxylation sites is 1. The van der Waals surface area contributed by atoms with Crippen molar-refractivity contribution >= 4 is 5.91 Å². The Kier molecular flexibility index (Phi) is 7.54. The standard InChI is InChI=1S/C30H40N2O2/c1-34-29-14-8-7-13-27(29)28-22-32(30(33)25-11-5-6-12-25)21-26(28)20-31-17-15-24(16-18-31)19-23-9-3-2-4-10-23/h2-4,7-10,13-14,24-26,28H,5-6,11-12,15-22H2,1H3. The van der Waals surface area contributed by atoms with Crippen LogP contribution in [0.2, 0.25) is 0 Å². The van der Waals surface area contributed by atoms with E-state index in [1.54, 1.807) is 7.11 Å². The summed E-state index contributed by atoms with van der Waals surface area (Å²) in [7, 11) is 1.77. The minimum Gasteiger partial charge on any atom is -0.496 e. The first-order valence-corrected chi connectivity index (χ1v) is 13.4. The van der Waals surface area contributed by atoms with Gasteiger partial charge in [0.2, 0.25) is 5.91 Å². The summed E-state index contributed by atoms with van der Waals surface area (Å²) >= 11 is 0. The fourth-order valence-corrected chi connectivity index (χ4v) is 6.64. The molecule has 0 radical (unpaired) electrons. The molecule has 2 saturated heterocycles. The van der Waals surface area contributed by atoms with Gasteiger partial charge in [-0.05, 0) is 74.2 Å². The molecule has 1 saturated carbocycles. The first-order chi connectivity index (χ1) is 16.7. The van der Waals surface area contributed by atoms with Crippen molar-refractivity contribution in [1.29, 1.82) is 0 Å². The summed E-state index contributed by atoms with van der Waals surface area (Å²) in [6.07, 6.45) is 8.31. The third-order valence-electron chi connectivity index (χ3n) is 8.56. The topological polar surface area (TPSA) is 32.8 Å². The average Bonchev–Trinajstić information content (AvgIpc) is 3.56. The van der Waals surface area contributed by atoms with E-state index in [-0.39, 0.29) is 5.92 Å². The van der Waals surface area contributed by atoms with E-state index in [0.717, 1.165) is 44.1 Å². The number of rotatable bonds is 7. The molecule has 4 heteroatoms. The SMILES string of the molecule is COc1ccccc1C1CN(C(=O)C2CCCC2)CC1CN1CCC(Cc2ccccc2)CC1. The first kappa shape index (κ1) is 23.4. The molecule has 0 N–H and O–H groups in total. The van der Waals surface area contributed by atoms with E-state index in [2.05, 4.69) is 58.3 Å². The molecule has 0 bridgehead atoms. The number of benzene rings is 2. The smallest absolute Gasteiger partial charge is 0.225 e. The van der Waals surface area contributed by atoms with Crippen LogP contribution in [0.5, 0.6) is 5.75 Å². The van der Waals surface area contributed by atoms with Crippen molar-refractivity contribution in [1.82, 2.24) is 9.80 Å². The van der Waals surface area contributed by atoms with Gasteiger partial charge in [-0.25, -0.2) is 0 Å². The number of likely N-dealkylation sites (tertiary alicyclic amines) is 2. The Hall–Kier alpha value is -2.33. The summed E-state index contributed by atoms with van der Waals surface area (Å²) in [5.41, 5.74) is 2.74. The van der Waals surface area contributed by atoms with Gasteiger partial charge in [0.15, 0.2) is 0 Å². The van der Waals surface area contributed by atoms with Crippen LogP contribution in [0.15, 0.2) is 54.6 Å². The highest BCUT2D eigenvalue weighted by Crippen LogP contribution is 2.40. The summed E-state index contributed by atoms with van der Waals surface area (Å²) in [6.45, 7) is 5.15. The van der Waals surface area contributed by atoms with E-state index in [1.807, 2.05) is 6.07 Å². The number of hydrogen-bond donors (Lipinski definition) is 0. The number of piperidine rings is 1. The van der Waals surface area contributed by atoms with Crippen LogP contribution in [0.3, 0.4) is 0 Å². The highest BCUT2D eigenvalue weighted by atomic mass is 16.5. The van der Waals surface area contributed by atoms with Crippen LogP contribution in [-0.4, -0.2) is 55.5 Å². The third-order valence-corrected chi connectivity index (χ3v) is 8.56. The molecule has 3 fully saturated rings. The summed E-state index contributed by atoms with van der Waals surface area (Å²) in [6, 6.07) is 19.4. The maximum atomic E-state index is 13.3. The lowest BCUT2D eigenvalue weighted by Gasteiger charge is -2.35. The van der Waals surface area contributed by atoms with Crippen LogP contribution in [0.4, 0.5) is 0 Å². The minimum atomic E-state index is 0.255. The van der Waals surface area contributed by atoms with Crippen LogP contribution in [-0.2, 0) is 11.2 Å². The zero-order valence-corrected chi connectivity index (χ0v) is 20.7. The maximum absolute atomic E-state index is 13.3. The fraction of sp³-hybridized carbons (Fsp3) is 0.567. The van der Waals surface area contributed by atoms with Gasteiger partial charge in [-0.3, -0.25) is 4.79 Å². The third kappa shape index (κ3) is 5.33. The molecule has 34 heavy (non-hydrogen) atoms. The van der Waals surface area contributed by atoms with E-state index in [1.165, 1.54) is 56.3 Å². The van der Waals surface area contributed by atoms with E-state index >= 15 is 0 Å². The quantitative estimate of drug-likeness (QED) is 0.556. The molecule has 3 aliphatic rings. The molecule has 2 atom stereocenters. The number of carbonyl (C=O) groups is 1. The zero-order chi connectivity index (χ0) is 23.3. The molecule has 0 spiro atoms. The number of methoxy groups -OCH3 is 1. The molecule has 2 unspecified atom stereocenters. The van der Waals surface area contributed by atoms with Crippen molar-refractivity contribution in [3.63, 3.8) is 0 Å². The monoisotopic (exact) mass is 460 g/mol. The zero-order valence-electron chi connectivity index (χ0n) is 20.7. The average molecular weight is 461 g/mol. The minimum absolute atomic E-state index is 0.255. The Bertz CT molecular complexity index is 932. The normalized spacial score (nSPS) is 24.6. The second-order valence-corrected chi connectivity index (χ2v) is 10.8. The van der Waals surface area contributed by atoms with Crippen molar-refractivity contribution < 1.29 is 9.53 Å². The predicted octanol–water partition coefficient (Wildman–Crippen LogP) is 5.38. The van der Waals surface area contributed by atoms with Crippen LogP contribution >= 0.6 is 0 Å². The summed E-state index contributed by atoms with van der Waals surface area (Å²) in [4.78, 5) is 18.2. The Morgan fingerprint density at radius 1 is 0.912 bits per heavy atom. The van der Waals surface area contributed by atoms with Gasteiger partial charge in [-0.1, -0.05) is 61.4 Å². The molecule has 1 amide bonds. The van der Waals surface area contributed by atoms with Gasteiger partial charge in [0.05, 0.1) is 7.11 Å². The summed E-state index contributed by atoms with van der Waals surface area (Å²) < 4.78 is 5.75. The second-order valence-electron chi connectivity index (χ2n) is 10.8. The van der Waals surface area contributed by atoms with E-state index in [9.17, 15) is 4.79 Å². The van der Waals surface area contributed by atoms with Crippen LogP contribution in [0, 0.1) is 17.8 Å². The molecule has 0 aromatic heterocycles. The van der Waals surface area contributed by atoms with Gasteiger partial charge < -0.3 is 14.5 Å². The Labute approximate surface area is 205 Å². The van der Waals surface area contributed by atoms with Gasteiger partial charge in [-0.15, -0.1) is 0 Å².